The third-order valence-corrected chi connectivity index (χ3v) is 0. The van der Waals surface area contributed by atoms with Gasteiger partial charge in [0.25, 0.3) is 0 Å². The predicted octanol–water partition coefficient (Wildman–Crippen LogP) is -2.33. The van der Waals surface area contributed by atoms with Gasteiger partial charge >= 0.3 is 108 Å². The van der Waals surface area contributed by atoms with E-state index in [0.717, 1.165) is 0 Å². The SMILES string of the molecule is [CsH].[LiH].[O]=[GeH2]. The Balaban J connectivity index is -0.00000000500. The molecule has 0 amide bonds. The Kier molecular flexibility index (Phi) is 65.7. The van der Waals surface area contributed by atoms with E-state index in [-0.39, 0.29) is 104 Å². The van der Waals surface area contributed by atoms with Crippen molar-refractivity contribution in [3.63, 3.8) is 0 Å². The number of hydrogen-bond donors (Lipinski definition) is 0. The van der Waals surface area contributed by atoms with Crippen molar-refractivity contribution >= 4 is 104 Å². The number of hydrogen-bond acceptors (Lipinski definition) is 1. The van der Waals surface area contributed by atoms with Crippen LogP contribution in [0.2, 0.25) is 0 Å². The average Bonchev–Trinajstić information content (AvgIpc) is 1.00. The van der Waals surface area contributed by atoms with Crippen LogP contribution in [-0.4, -0.2) is 104 Å². The van der Waals surface area contributed by atoms with Crippen LogP contribution in [-0.2, 0) is 3.78 Å². The van der Waals surface area contributed by atoms with E-state index in [1.54, 1.807) is 0 Å². The molecule has 0 radical (unpaired) electrons. The Bertz CT molecular complexity index is 8.00. The molecule has 0 saturated heterocycles. The van der Waals surface area contributed by atoms with Gasteiger partial charge in [-0.1, -0.05) is 0 Å². The van der Waals surface area contributed by atoms with Gasteiger partial charge in [0.2, 0.25) is 0 Å². The Morgan fingerprint density at radius 2 is 1.25 bits per heavy atom. The Morgan fingerprint density at radius 3 is 1.25 bits per heavy atom. The summed E-state index contributed by atoms with van der Waals surface area (Å²) in [6.45, 7) is 0. The van der Waals surface area contributed by atoms with E-state index in [1.165, 1.54) is 0 Å². The van der Waals surface area contributed by atoms with E-state index in [1.807, 2.05) is 0 Å². The van der Waals surface area contributed by atoms with Crippen LogP contribution in [0.5, 0.6) is 0 Å². The third-order valence-electron chi connectivity index (χ3n) is 0. The van der Waals surface area contributed by atoms with E-state index in [0.29, 0.717) is 0 Å². The Morgan fingerprint density at radius 1 is 1.25 bits per heavy atom. The van der Waals surface area contributed by atoms with E-state index < -0.39 is 0 Å². The fourth-order valence-corrected chi connectivity index (χ4v) is 0. The van der Waals surface area contributed by atoms with Crippen molar-refractivity contribution in [2.75, 3.05) is 0 Å². The molecule has 0 saturated carbocycles. The molecule has 0 fully saturated rings. The minimum atomic E-state index is 0. The predicted molar refractivity (Wildman–Crippen MR) is 23.5 cm³/mol. The molecule has 0 aliphatic heterocycles. The second kappa shape index (κ2) is 16.7. The topological polar surface area (TPSA) is 17.1 Å². The van der Waals surface area contributed by atoms with E-state index in [4.69, 9.17) is 3.78 Å². The van der Waals surface area contributed by atoms with Crippen LogP contribution >= 0.6 is 0 Å². The molecule has 0 unspecified atom stereocenters. The van der Waals surface area contributed by atoms with Gasteiger partial charge in [0.1, 0.15) is 0 Å². The summed E-state index contributed by atoms with van der Waals surface area (Å²) in [6, 6.07) is 0. The van der Waals surface area contributed by atoms with Crippen LogP contribution in [0.1, 0.15) is 0 Å². The zero-order valence-corrected chi connectivity index (χ0v) is 4.08. The molecule has 0 aliphatic carbocycles. The van der Waals surface area contributed by atoms with Crippen LogP contribution in [0.15, 0.2) is 0 Å². The maximum atomic E-state index is 8.38. The summed E-state index contributed by atoms with van der Waals surface area (Å²) in [5.41, 5.74) is 0. The fraction of sp³-hybridized carbons (Fsp3) is 0. The van der Waals surface area contributed by atoms with Crippen molar-refractivity contribution < 1.29 is 3.78 Å². The molecule has 0 atom stereocenters. The van der Waals surface area contributed by atoms with Crippen molar-refractivity contribution in [1.82, 2.24) is 0 Å². The normalized spacial score (nSPS) is 1.00. The average molecular weight is 232 g/mol. The molecule has 1 nitrogen and oxygen atoms in total. The first-order chi connectivity index (χ1) is 1.00. The van der Waals surface area contributed by atoms with Gasteiger partial charge in [0.05, 0.1) is 0 Å². The molecule has 0 heterocycles. The molecule has 0 rings (SSSR count). The van der Waals surface area contributed by atoms with E-state index >= 15 is 0 Å². The van der Waals surface area contributed by atoms with Crippen LogP contribution in [0.3, 0.4) is 0 Å². The minimum absolute atomic E-state index is 0. The number of rotatable bonds is 0. The van der Waals surface area contributed by atoms with Gasteiger partial charge in [-0.25, -0.2) is 0 Å². The van der Waals surface area contributed by atoms with Gasteiger partial charge in [-0.2, -0.15) is 0 Å². The molecule has 0 aromatic carbocycles. The van der Waals surface area contributed by atoms with Crippen molar-refractivity contribution in [3.8, 4) is 0 Å². The summed E-state index contributed by atoms with van der Waals surface area (Å²) in [5, 5.41) is 0. The summed E-state index contributed by atoms with van der Waals surface area (Å²) in [7, 11) is 0. The first kappa shape index (κ1) is 15.8. The van der Waals surface area contributed by atoms with Crippen LogP contribution in [0, 0.1) is 0 Å². The van der Waals surface area contributed by atoms with E-state index in [9.17, 15) is 0 Å². The van der Waals surface area contributed by atoms with Crippen molar-refractivity contribution in [2.45, 2.75) is 0 Å². The quantitative estimate of drug-likeness (QED) is 0.428. The Hall–Kier alpha value is 2.99. The molecule has 0 N–H and O–H groups in total. The van der Waals surface area contributed by atoms with Gasteiger partial charge in [0, 0.05) is 0 Å². The van der Waals surface area contributed by atoms with E-state index in [2.05, 4.69) is 0 Å². The van der Waals surface area contributed by atoms with Crippen LogP contribution in [0.4, 0.5) is 0 Å². The molecule has 16 valence electrons. The van der Waals surface area contributed by atoms with Crippen molar-refractivity contribution in [3.05, 3.63) is 0 Å². The second-order valence-electron chi connectivity index (χ2n) is 0. The maximum absolute atomic E-state index is 8.38. The van der Waals surface area contributed by atoms with Crippen LogP contribution < -0.4 is 0 Å². The third kappa shape index (κ3) is 8.89. The molecular formula is H4CsGeLiO. The van der Waals surface area contributed by atoms with Gasteiger partial charge in [-0.05, 0) is 0 Å². The monoisotopic (exact) mass is 234 g/mol. The van der Waals surface area contributed by atoms with Crippen molar-refractivity contribution in [2.24, 2.45) is 0 Å². The van der Waals surface area contributed by atoms with Gasteiger partial charge in [0.15, 0.2) is 0 Å². The molecule has 0 aromatic rings. The van der Waals surface area contributed by atoms with Crippen LogP contribution in [0.25, 0.3) is 0 Å². The summed E-state index contributed by atoms with van der Waals surface area (Å²) in [5.74, 6) is 0. The molecule has 0 aromatic heterocycles. The summed E-state index contributed by atoms with van der Waals surface area (Å²) in [6.07, 6.45) is 0. The Labute approximate surface area is 105 Å². The second-order valence-corrected chi connectivity index (χ2v) is 0. The fourth-order valence-electron chi connectivity index (χ4n) is 0. The molecular weight excluding hydrogens is 228 g/mol. The summed E-state index contributed by atoms with van der Waals surface area (Å²) >= 11 is 0.125. The summed E-state index contributed by atoms with van der Waals surface area (Å²) < 4.78 is 8.38. The first-order valence-electron chi connectivity index (χ1n) is 0.289. The molecule has 0 bridgehead atoms. The van der Waals surface area contributed by atoms with Gasteiger partial charge in [-0.3, -0.25) is 0 Å². The van der Waals surface area contributed by atoms with Crippen molar-refractivity contribution in [1.29, 1.82) is 0 Å². The molecule has 4 heteroatoms. The first-order valence-corrected chi connectivity index (χ1v) is 1.50. The van der Waals surface area contributed by atoms with Gasteiger partial charge in [-0.15, -0.1) is 0 Å². The van der Waals surface area contributed by atoms with Gasteiger partial charge < -0.3 is 0 Å². The molecule has 4 heavy (non-hydrogen) atoms. The standard InChI is InChI=1S/Cs.GeH2O.Li.2H/c;1-2;;;/h;1H2;;;. The summed E-state index contributed by atoms with van der Waals surface area (Å²) in [4.78, 5) is 0. The zero-order valence-electron chi connectivity index (χ0n) is 1.12. The zero-order chi connectivity index (χ0) is 2.00. The molecule has 0 spiro atoms. The molecule has 0 aliphatic rings.